The number of aromatic nitrogens is 1. The van der Waals surface area contributed by atoms with Crippen molar-refractivity contribution >= 4 is 10.9 Å². The summed E-state index contributed by atoms with van der Waals surface area (Å²) in [6.45, 7) is 8.56. The Labute approximate surface area is 121 Å². The third-order valence-electron chi connectivity index (χ3n) is 4.52. The molecule has 2 aromatic rings. The van der Waals surface area contributed by atoms with E-state index < -0.39 is 0 Å². The summed E-state index contributed by atoms with van der Waals surface area (Å²) < 4.78 is 0. The quantitative estimate of drug-likeness (QED) is 0.851. The largest absolute Gasteiger partial charge is 0.322 e. The molecular formula is C18H24N2. The van der Waals surface area contributed by atoms with E-state index in [0.29, 0.717) is 0 Å². The molecule has 0 radical (unpaired) electrons. The summed E-state index contributed by atoms with van der Waals surface area (Å²) in [6.07, 6.45) is 4.73. The molecule has 1 aliphatic carbocycles. The molecular weight excluding hydrogens is 244 g/mol. The predicted molar refractivity (Wildman–Crippen MR) is 85.1 cm³/mol. The van der Waals surface area contributed by atoms with E-state index in [9.17, 15) is 0 Å². The Morgan fingerprint density at radius 1 is 1.05 bits per heavy atom. The molecule has 0 unspecified atom stereocenters. The third-order valence-corrected chi connectivity index (χ3v) is 4.52. The van der Waals surface area contributed by atoms with Crippen LogP contribution in [0.15, 0.2) is 12.1 Å². The van der Waals surface area contributed by atoms with Crippen LogP contribution in [0.4, 0.5) is 0 Å². The summed E-state index contributed by atoms with van der Waals surface area (Å²) in [4.78, 5) is 4.94. The second-order valence-corrected chi connectivity index (χ2v) is 6.79. The van der Waals surface area contributed by atoms with E-state index in [0.717, 1.165) is 18.4 Å². The monoisotopic (exact) mass is 268 g/mol. The molecule has 20 heavy (non-hydrogen) atoms. The van der Waals surface area contributed by atoms with E-state index >= 15 is 0 Å². The Hall–Kier alpha value is -1.41. The number of hydrogen-bond donors (Lipinski definition) is 1. The summed E-state index contributed by atoms with van der Waals surface area (Å²) >= 11 is 0. The van der Waals surface area contributed by atoms with Gasteiger partial charge < -0.3 is 5.73 Å². The van der Waals surface area contributed by atoms with Crippen molar-refractivity contribution in [1.82, 2.24) is 4.98 Å². The van der Waals surface area contributed by atoms with Crippen LogP contribution in [0.5, 0.6) is 0 Å². The number of pyridine rings is 1. The second kappa shape index (κ2) is 4.56. The molecule has 0 fully saturated rings. The molecule has 3 rings (SSSR count). The normalized spacial score (nSPS) is 15.4. The van der Waals surface area contributed by atoms with Crippen LogP contribution < -0.4 is 5.73 Å². The van der Waals surface area contributed by atoms with Gasteiger partial charge in [-0.15, -0.1) is 0 Å². The number of aryl methyl sites for hydroxylation is 3. The SMILES string of the molecule is Cc1cc2nc3c(c(C(C)(C)N)c2cc1C)CCCC3. The molecule has 0 amide bonds. The fourth-order valence-corrected chi connectivity index (χ4v) is 3.42. The molecule has 106 valence electrons. The van der Waals surface area contributed by atoms with Crippen LogP contribution >= 0.6 is 0 Å². The highest BCUT2D eigenvalue weighted by Gasteiger charge is 2.26. The van der Waals surface area contributed by atoms with Crippen molar-refractivity contribution in [2.24, 2.45) is 5.73 Å². The van der Waals surface area contributed by atoms with Gasteiger partial charge in [-0.2, -0.15) is 0 Å². The van der Waals surface area contributed by atoms with Gasteiger partial charge in [-0.25, -0.2) is 0 Å². The smallest absolute Gasteiger partial charge is 0.0711 e. The number of fused-ring (bicyclic) bond motifs is 2. The maximum Gasteiger partial charge on any atom is 0.0711 e. The van der Waals surface area contributed by atoms with Crippen molar-refractivity contribution in [3.63, 3.8) is 0 Å². The average Bonchev–Trinajstić information content (AvgIpc) is 2.36. The maximum absolute atomic E-state index is 6.51. The fourth-order valence-electron chi connectivity index (χ4n) is 3.42. The zero-order valence-corrected chi connectivity index (χ0v) is 13.0. The molecule has 1 heterocycles. The number of nitrogens with zero attached hydrogens (tertiary/aromatic N) is 1. The van der Waals surface area contributed by atoms with Crippen LogP contribution in [-0.4, -0.2) is 4.98 Å². The minimum atomic E-state index is -0.315. The lowest BCUT2D eigenvalue weighted by Crippen LogP contribution is -2.32. The van der Waals surface area contributed by atoms with Gasteiger partial charge in [-0.3, -0.25) is 4.98 Å². The highest BCUT2D eigenvalue weighted by Crippen LogP contribution is 2.35. The summed E-state index contributed by atoms with van der Waals surface area (Å²) in [6, 6.07) is 4.49. The number of hydrogen-bond acceptors (Lipinski definition) is 2. The van der Waals surface area contributed by atoms with Crippen LogP contribution in [0.25, 0.3) is 10.9 Å². The van der Waals surface area contributed by atoms with Crippen molar-refractivity contribution < 1.29 is 0 Å². The number of nitrogens with two attached hydrogens (primary N) is 1. The Morgan fingerprint density at radius 2 is 1.70 bits per heavy atom. The van der Waals surface area contributed by atoms with Gasteiger partial charge in [0.25, 0.3) is 0 Å². The van der Waals surface area contributed by atoms with E-state index in [2.05, 4.69) is 39.8 Å². The Kier molecular flexibility index (Phi) is 3.09. The van der Waals surface area contributed by atoms with Crippen molar-refractivity contribution in [1.29, 1.82) is 0 Å². The topological polar surface area (TPSA) is 38.9 Å². The fraction of sp³-hybridized carbons (Fsp3) is 0.500. The van der Waals surface area contributed by atoms with Crippen LogP contribution in [0.3, 0.4) is 0 Å². The van der Waals surface area contributed by atoms with Crippen LogP contribution in [-0.2, 0) is 18.4 Å². The third kappa shape index (κ3) is 2.12. The molecule has 2 nitrogen and oxygen atoms in total. The molecule has 2 heteroatoms. The van der Waals surface area contributed by atoms with Gasteiger partial charge in [0, 0.05) is 16.6 Å². The first-order chi connectivity index (χ1) is 9.38. The Bertz CT molecular complexity index is 678. The number of benzene rings is 1. The zero-order chi connectivity index (χ0) is 14.5. The Balaban J connectivity index is 2.43. The molecule has 0 saturated carbocycles. The van der Waals surface area contributed by atoms with E-state index in [-0.39, 0.29) is 5.54 Å². The number of rotatable bonds is 1. The van der Waals surface area contributed by atoms with E-state index in [4.69, 9.17) is 10.7 Å². The van der Waals surface area contributed by atoms with Crippen molar-refractivity contribution in [3.8, 4) is 0 Å². The highest BCUT2D eigenvalue weighted by molar-refractivity contribution is 5.86. The van der Waals surface area contributed by atoms with Gasteiger partial charge in [0.15, 0.2) is 0 Å². The first kappa shape index (κ1) is 13.6. The van der Waals surface area contributed by atoms with Gasteiger partial charge in [0.1, 0.15) is 0 Å². The van der Waals surface area contributed by atoms with E-state index in [1.807, 2.05) is 0 Å². The van der Waals surface area contributed by atoms with Crippen molar-refractivity contribution in [3.05, 3.63) is 40.1 Å². The summed E-state index contributed by atoms with van der Waals surface area (Å²) in [5.74, 6) is 0. The summed E-state index contributed by atoms with van der Waals surface area (Å²) in [5, 5.41) is 1.25. The van der Waals surface area contributed by atoms with Gasteiger partial charge in [0.2, 0.25) is 0 Å². The lowest BCUT2D eigenvalue weighted by Gasteiger charge is -2.29. The van der Waals surface area contributed by atoms with Gasteiger partial charge in [0.05, 0.1) is 5.52 Å². The molecule has 0 atom stereocenters. The first-order valence-electron chi connectivity index (χ1n) is 7.60. The lowest BCUT2D eigenvalue weighted by atomic mass is 9.81. The molecule has 1 aliphatic rings. The van der Waals surface area contributed by atoms with E-state index in [1.54, 1.807) is 0 Å². The zero-order valence-electron chi connectivity index (χ0n) is 13.0. The highest BCUT2D eigenvalue weighted by atomic mass is 14.8. The van der Waals surface area contributed by atoms with Crippen molar-refractivity contribution in [2.75, 3.05) is 0 Å². The molecule has 2 N–H and O–H groups in total. The molecule has 1 aromatic heterocycles. The van der Waals surface area contributed by atoms with Crippen LogP contribution in [0, 0.1) is 13.8 Å². The molecule has 1 aromatic carbocycles. The van der Waals surface area contributed by atoms with Gasteiger partial charge >= 0.3 is 0 Å². The Morgan fingerprint density at radius 3 is 2.40 bits per heavy atom. The molecule has 0 aliphatic heterocycles. The van der Waals surface area contributed by atoms with Crippen molar-refractivity contribution in [2.45, 2.75) is 58.9 Å². The van der Waals surface area contributed by atoms with Gasteiger partial charge in [-0.05, 0) is 87.8 Å². The minimum Gasteiger partial charge on any atom is -0.322 e. The second-order valence-electron chi connectivity index (χ2n) is 6.79. The summed E-state index contributed by atoms with van der Waals surface area (Å²) in [5.41, 5.74) is 13.9. The molecule has 0 bridgehead atoms. The summed E-state index contributed by atoms with van der Waals surface area (Å²) in [7, 11) is 0. The molecule has 0 saturated heterocycles. The standard InChI is InChI=1S/C18H24N2/c1-11-9-14-16(10-12(11)2)20-15-8-6-5-7-13(15)17(14)18(3,4)19/h9-10H,5-8,19H2,1-4H3. The lowest BCUT2D eigenvalue weighted by molar-refractivity contribution is 0.541. The maximum atomic E-state index is 6.51. The van der Waals surface area contributed by atoms with Crippen LogP contribution in [0.2, 0.25) is 0 Å². The van der Waals surface area contributed by atoms with E-state index in [1.165, 1.54) is 46.2 Å². The minimum absolute atomic E-state index is 0.315. The average molecular weight is 268 g/mol. The van der Waals surface area contributed by atoms with Crippen LogP contribution in [0.1, 0.15) is 54.6 Å². The van der Waals surface area contributed by atoms with Gasteiger partial charge in [-0.1, -0.05) is 0 Å². The molecule has 0 spiro atoms. The first-order valence-corrected chi connectivity index (χ1v) is 7.60. The predicted octanol–water partition coefficient (Wildman–Crippen LogP) is 3.92.